The van der Waals surface area contributed by atoms with Crippen LogP contribution in [0.5, 0.6) is 5.75 Å². The van der Waals surface area contributed by atoms with E-state index in [1.54, 1.807) is 0 Å². The molecule has 0 N–H and O–H groups in total. The molecule has 2 aromatic carbocycles. The Morgan fingerprint density at radius 3 is 2.41 bits per heavy atom. The quantitative estimate of drug-likeness (QED) is 0.759. The summed E-state index contributed by atoms with van der Waals surface area (Å²) in [7, 11) is 0. The van der Waals surface area contributed by atoms with Crippen LogP contribution in [0.3, 0.4) is 0 Å². The Morgan fingerprint density at radius 2 is 1.73 bits per heavy atom. The molecule has 0 amide bonds. The topological polar surface area (TPSA) is 26.3 Å². The normalized spacial score (nSPS) is 16.8. The first-order chi connectivity index (χ1) is 10.5. The highest BCUT2D eigenvalue weighted by Crippen LogP contribution is 2.38. The van der Waals surface area contributed by atoms with Crippen LogP contribution >= 0.6 is 0 Å². The van der Waals surface area contributed by atoms with Crippen LogP contribution in [-0.4, -0.2) is 11.9 Å². The average molecular weight is 294 g/mol. The van der Waals surface area contributed by atoms with Gasteiger partial charge >= 0.3 is 0 Å². The van der Waals surface area contributed by atoms with Gasteiger partial charge in [0.15, 0.2) is 5.78 Å². The Kier molecular flexibility index (Phi) is 3.78. The van der Waals surface area contributed by atoms with Crippen LogP contribution < -0.4 is 4.74 Å². The number of hydrogen-bond donors (Lipinski definition) is 0. The van der Waals surface area contributed by atoms with E-state index in [4.69, 9.17) is 4.74 Å². The van der Waals surface area contributed by atoms with Gasteiger partial charge in [0, 0.05) is 11.1 Å². The predicted octanol–water partition coefficient (Wildman–Crippen LogP) is 4.56. The Hall–Kier alpha value is -2.09. The van der Waals surface area contributed by atoms with Crippen LogP contribution in [0.15, 0.2) is 30.3 Å². The van der Waals surface area contributed by atoms with E-state index < -0.39 is 0 Å². The highest BCUT2D eigenvalue weighted by molar-refractivity contribution is 6.11. The first kappa shape index (κ1) is 14.8. The number of carbonyl (C=O) groups is 1. The molecule has 1 aliphatic rings. The summed E-state index contributed by atoms with van der Waals surface area (Å²) in [6, 6.07) is 9.52. The maximum Gasteiger partial charge on any atom is 0.193 e. The van der Waals surface area contributed by atoms with Crippen LogP contribution in [0.25, 0.3) is 0 Å². The minimum atomic E-state index is 0.111. The molecule has 2 nitrogen and oxygen atoms in total. The van der Waals surface area contributed by atoms with Gasteiger partial charge in [0.2, 0.25) is 0 Å². The van der Waals surface area contributed by atoms with Crippen LogP contribution in [0.1, 0.15) is 51.5 Å². The van der Waals surface area contributed by atoms with E-state index in [0.29, 0.717) is 0 Å². The minimum absolute atomic E-state index is 0.111. The highest BCUT2D eigenvalue weighted by atomic mass is 16.5. The lowest BCUT2D eigenvalue weighted by atomic mass is 9.85. The molecule has 0 aliphatic carbocycles. The third kappa shape index (κ3) is 2.33. The molecule has 0 bridgehead atoms. The third-order valence-electron chi connectivity index (χ3n) is 4.76. The molecule has 2 heteroatoms. The van der Waals surface area contributed by atoms with Gasteiger partial charge in [-0.1, -0.05) is 30.3 Å². The zero-order valence-electron chi connectivity index (χ0n) is 13.7. The lowest BCUT2D eigenvalue weighted by Gasteiger charge is -2.29. The van der Waals surface area contributed by atoms with Gasteiger partial charge in [-0.05, 0) is 62.8 Å². The fourth-order valence-electron chi connectivity index (χ4n) is 3.33. The number of fused-ring (bicyclic) bond motifs is 1. The van der Waals surface area contributed by atoms with E-state index in [2.05, 4.69) is 20.8 Å². The fourth-order valence-corrected chi connectivity index (χ4v) is 3.33. The standard InChI is InChI=1S/C20H22O2/c1-12-10-11-17-15(4)18(13(2)14(3)20(17)22-12)19(21)16-8-6-5-7-9-16/h5-9,12H,10-11H2,1-4H3. The van der Waals surface area contributed by atoms with Gasteiger partial charge in [0.1, 0.15) is 5.75 Å². The van der Waals surface area contributed by atoms with E-state index in [1.807, 2.05) is 37.3 Å². The van der Waals surface area contributed by atoms with Gasteiger partial charge in [0.05, 0.1) is 6.10 Å². The second kappa shape index (κ2) is 5.60. The highest BCUT2D eigenvalue weighted by Gasteiger charge is 2.26. The number of benzene rings is 2. The number of ketones is 1. The van der Waals surface area contributed by atoms with Crippen LogP contribution in [-0.2, 0) is 6.42 Å². The van der Waals surface area contributed by atoms with Crippen molar-refractivity contribution >= 4 is 5.78 Å². The molecule has 1 heterocycles. The molecule has 2 aromatic rings. The zero-order chi connectivity index (χ0) is 15.9. The number of hydrogen-bond acceptors (Lipinski definition) is 2. The van der Waals surface area contributed by atoms with Crippen molar-refractivity contribution in [1.29, 1.82) is 0 Å². The van der Waals surface area contributed by atoms with E-state index in [0.717, 1.165) is 46.4 Å². The third-order valence-corrected chi connectivity index (χ3v) is 4.76. The fraction of sp³-hybridized carbons (Fsp3) is 0.350. The maximum absolute atomic E-state index is 12.9. The summed E-state index contributed by atoms with van der Waals surface area (Å²) in [5.41, 5.74) is 6.03. The lowest BCUT2D eigenvalue weighted by Crippen LogP contribution is -2.22. The molecule has 0 saturated heterocycles. The summed E-state index contributed by atoms with van der Waals surface area (Å²) in [4.78, 5) is 12.9. The lowest BCUT2D eigenvalue weighted by molar-refractivity contribution is 0.103. The van der Waals surface area contributed by atoms with Crippen molar-refractivity contribution < 1.29 is 9.53 Å². The first-order valence-electron chi connectivity index (χ1n) is 7.89. The number of rotatable bonds is 2. The maximum atomic E-state index is 12.9. The van der Waals surface area contributed by atoms with Crippen molar-refractivity contribution in [1.82, 2.24) is 0 Å². The SMILES string of the molecule is Cc1c(C)c(C(=O)c2ccccc2)c(C)c2c1OC(C)CC2. The summed E-state index contributed by atoms with van der Waals surface area (Å²) in [6.45, 7) is 8.26. The van der Waals surface area contributed by atoms with Crippen molar-refractivity contribution in [3.05, 3.63) is 63.7 Å². The Balaban J connectivity index is 2.18. The van der Waals surface area contributed by atoms with Gasteiger partial charge in [0.25, 0.3) is 0 Å². The number of ether oxygens (including phenoxy) is 1. The van der Waals surface area contributed by atoms with Crippen molar-refractivity contribution in [2.45, 2.75) is 46.6 Å². The van der Waals surface area contributed by atoms with E-state index in [9.17, 15) is 4.79 Å². The molecule has 0 aromatic heterocycles. The molecule has 0 spiro atoms. The van der Waals surface area contributed by atoms with Crippen molar-refractivity contribution in [3.8, 4) is 5.75 Å². The second-order valence-corrected chi connectivity index (χ2v) is 6.22. The molecule has 0 radical (unpaired) electrons. The van der Waals surface area contributed by atoms with E-state index >= 15 is 0 Å². The molecular weight excluding hydrogens is 272 g/mol. The van der Waals surface area contributed by atoms with E-state index in [1.165, 1.54) is 5.56 Å². The molecule has 3 rings (SSSR count). The van der Waals surface area contributed by atoms with Crippen LogP contribution in [0.4, 0.5) is 0 Å². The molecule has 0 fully saturated rings. The molecule has 22 heavy (non-hydrogen) atoms. The summed E-state index contributed by atoms with van der Waals surface area (Å²) >= 11 is 0. The molecule has 0 saturated carbocycles. The van der Waals surface area contributed by atoms with Crippen LogP contribution in [0.2, 0.25) is 0 Å². The van der Waals surface area contributed by atoms with Gasteiger partial charge in [-0.15, -0.1) is 0 Å². The minimum Gasteiger partial charge on any atom is -0.490 e. The Labute approximate surface area is 132 Å². The molecule has 1 unspecified atom stereocenters. The van der Waals surface area contributed by atoms with Crippen molar-refractivity contribution in [2.75, 3.05) is 0 Å². The second-order valence-electron chi connectivity index (χ2n) is 6.22. The van der Waals surface area contributed by atoms with Gasteiger partial charge in [-0.2, -0.15) is 0 Å². The summed E-state index contributed by atoms with van der Waals surface area (Å²) in [5, 5.41) is 0. The Morgan fingerprint density at radius 1 is 1.05 bits per heavy atom. The smallest absolute Gasteiger partial charge is 0.193 e. The van der Waals surface area contributed by atoms with Gasteiger partial charge in [-0.25, -0.2) is 0 Å². The Bertz CT molecular complexity index is 729. The average Bonchev–Trinajstić information content (AvgIpc) is 2.53. The monoisotopic (exact) mass is 294 g/mol. The number of carbonyl (C=O) groups excluding carboxylic acids is 1. The van der Waals surface area contributed by atoms with Gasteiger partial charge < -0.3 is 4.74 Å². The summed E-state index contributed by atoms with van der Waals surface area (Å²) < 4.78 is 6.05. The largest absolute Gasteiger partial charge is 0.490 e. The van der Waals surface area contributed by atoms with Crippen LogP contribution in [0, 0.1) is 20.8 Å². The van der Waals surface area contributed by atoms with E-state index in [-0.39, 0.29) is 11.9 Å². The molecule has 1 atom stereocenters. The molecule has 1 aliphatic heterocycles. The van der Waals surface area contributed by atoms with Crippen molar-refractivity contribution in [2.24, 2.45) is 0 Å². The summed E-state index contributed by atoms with van der Waals surface area (Å²) in [5.74, 6) is 1.11. The van der Waals surface area contributed by atoms with Crippen molar-refractivity contribution in [3.63, 3.8) is 0 Å². The zero-order valence-corrected chi connectivity index (χ0v) is 13.7. The summed E-state index contributed by atoms with van der Waals surface area (Å²) in [6.07, 6.45) is 2.24. The van der Waals surface area contributed by atoms with Gasteiger partial charge in [-0.3, -0.25) is 4.79 Å². The predicted molar refractivity (Wildman–Crippen MR) is 88.9 cm³/mol. The molecular formula is C20H22O2. The molecule has 114 valence electrons. The first-order valence-corrected chi connectivity index (χ1v) is 7.89.